The number of pyridine rings is 5. The fraction of sp³-hybridized carbons (Fsp3) is 0.326. The number of halogens is 1. The lowest BCUT2D eigenvalue weighted by molar-refractivity contribution is 0.0415. The molecule has 41 nitrogen and oxygen atoms in total. The predicted octanol–water partition coefficient (Wildman–Crippen LogP) is 10.6. The molecule has 15 aromatic heterocycles. The normalized spacial score (nSPS) is 17.2. The zero-order chi connectivity index (χ0) is 97.7. The number of fused-ring (bicyclic) bond motifs is 5. The van der Waals surface area contributed by atoms with E-state index in [0.29, 0.717) is 64.3 Å². The quantitative estimate of drug-likeness (QED) is 0.0314. The van der Waals surface area contributed by atoms with Gasteiger partial charge in [-0.25, -0.2) is 71.3 Å². The van der Waals surface area contributed by atoms with E-state index < -0.39 is 84.5 Å². The van der Waals surface area contributed by atoms with Crippen LogP contribution in [-0.2, 0) is 77.8 Å². The smallest absolute Gasteiger partial charge is 0.243 e. The molecule has 6 aliphatic rings. The van der Waals surface area contributed by atoms with E-state index in [-0.39, 0.29) is 105 Å². The van der Waals surface area contributed by atoms with Gasteiger partial charge >= 0.3 is 0 Å². The molecular formula is C92H90FN31O10S5. The molecule has 0 atom stereocenters. The number of alkyl halides is 1. The molecule has 0 radical (unpaired) electrons. The van der Waals surface area contributed by atoms with Crippen molar-refractivity contribution in [1.29, 1.82) is 26.3 Å². The Bertz CT molecular complexity index is 8260. The number of rotatable bonds is 26. The van der Waals surface area contributed by atoms with Crippen molar-refractivity contribution in [3.05, 3.63) is 220 Å². The van der Waals surface area contributed by atoms with Crippen LogP contribution in [0.5, 0.6) is 0 Å². The summed E-state index contributed by atoms with van der Waals surface area (Å²) in [4.78, 5) is 40.5. The van der Waals surface area contributed by atoms with E-state index in [1.54, 1.807) is 137 Å². The van der Waals surface area contributed by atoms with Crippen LogP contribution < -0.4 is 0 Å². The largest absolute Gasteiger partial charge is 0.346 e. The predicted molar refractivity (Wildman–Crippen MR) is 511 cm³/mol. The SMILES string of the molecule is CCCS(=O)(=O)N1CC(CC#N)(n2cc(-c3ccnc4[nH]ccc34)cn2)C1.CCS(=O)(=O)N1CC(CC#N)(n2cc(-c3ccnc4[nH]ccc34)cn2)C1.CCS(=O)(=O)N1CC(CF)(n2cc(-c3c(C#N)cnc4[nH]ccc34)cn2)C1.N#CCC1(n2cc(-c3ccnc4[nH]ccc34)cn2)CN(S(=O)(=O)C2CC2)C1.[C-]#[N+]c1cnc2[nH]ccc2c1-c1cnn(C2(CC#N)CN(S(=O)(=O)c3ccccc3)C2)c1. The molecule has 710 valence electrons. The van der Waals surface area contributed by atoms with Crippen molar-refractivity contribution in [2.75, 3.05) is 89.4 Å². The summed E-state index contributed by atoms with van der Waals surface area (Å²) in [5.41, 5.74) is 9.35. The Morgan fingerprint density at radius 1 is 0.403 bits per heavy atom. The number of aromatic nitrogens is 20. The topological polar surface area (TPSA) is 543 Å². The summed E-state index contributed by atoms with van der Waals surface area (Å²) in [5.74, 6) is 0.165. The highest BCUT2D eigenvalue weighted by Gasteiger charge is 2.56. The third-order valence-electron chi connectivity index (χ3n) is 26.3. The number of aromatic amines is 5. The highest BCUT2D eigenvalue weighted by atomic mass is 32.2. The van der Waals surface area contributed by atoms with Gasteiger partial charge in [0.25, 0.3) is 0 Å². The first kappa shape index (κ1) is 94.5. The molecule has 1 aliphatic carbocycles. The molecule has 6 fully saturated rings. The van der Waals surface area contributed by atoms with Crippen LogP contribution in [0.3, 0.4) is 0 Å². The molecule has 22 rings (SSSR count). The molecule has 0 spiro atoms. The van der Waals surface area contributed by atoms with Gasteiger partial charge in [0.05, 0.1) is 120 Å². The van der Waals surface area contributed by atoms with Crippen LogP contribution in [-0.4, -0.2) is 257 Å². The maximum absolute atomic E-state index is 13.9. The van der Waals surface area contributed by atoms with Crippen LogP contribution in [0.1, 0.15) is 71.3 Å². The minimum Gasteiger partial charge on any atom is -0.346 e. The number of nitrogens with one attached hydrogen (secondary N) is 5. The van der Waals surface area contributed by atoms with Crippen molar-refractivity contribution in [1.82, 2.24) is 120 Å². The lowest BCUT2D eigenvalue weighted by atomic mass is 9.89. The standard InChI is InChI=1S/C22H17N7O2S.C18H18N6O2S.C18H20N6O2S.C17H17FN6O2S.C17H18N6O2S/c1-24-19-12-26-21-18(7-10-25-21)20(19)16-11-27-29(13-16)22(8-9-23)14-28(15-22)32(30,31)17-5-3-2-4-6-17;19-6-5-18(11-23(12-18)27(25,26)14-1-2-14)24-10-13(9-22-24)15-3-7-20-17-16(15)4-8-21-17;1-2-9-27(25,26)23-12-18(13-23,5-6-19)24-11-14(10-22-24)15-3-7-20-17-16(15)4-8-21-17;1-2-27(25,26)23-10-17(9-18,11-23)24-8-13(7-22-24)15-12(5-19)6-21-16-14(15)3-4-20-16;1-2-26(24,25)22-11-17(12-22,5-6-18)23-10-13(9-21-23)14-3-7-19-16-15(14)4-8-20-16/h2-7,10-13H,8,14-15H2,(H,25,26);3-4,7-10,14H,1-2,5,11-12H2,(H,20,21);3-4,7-8,10-11H,2,5,9,12-13H2,1H3,(H,20,21);3-4,6-8H,2,9-11H2,1H3,(H,20,21);3-4,7-10H,2,5,11-12H2,1H3,(H,19,20). The molecule has 16 aromatic rings. The van der Waals surface area contributed by atoms with Crippen molar-refractivity contribution in [3.63, 3.8) is 0 Å². The highest BCUT2D eigenvalue weighted by molar-refractivity contribution is 7.90. The van der Waals surface area contributed by atoms with Crippen molar-refractivity contribution in [2.45, 2.75) is 104 Å². The lowest BCUT2D eigenvalue weighted by Gasteiger charge is -2.48. The zero-order valence-electron chi connectivity index (χ0n) is 75.1. The maximum Gasteiger partial charge on any atom is 0.243 e. The summed E-state index contributed by atoms with van der Waals surface area (Å²) in [5, 5.41) is 73.2. The molecular weight excluding hydrogens is 1880 g/mol. The zero-order valence-corrected chi connectivity index (χ0v) is 79.2. The summed E-state index contributed by atoms with van der Waals surface area (Å²) in [6, 6.07) is 34.4. The highest BCUT2D eigenvalue weighted by Crippen LogP contribution is 2.46. The Balaban J connectivity index is 0.000000115. The molecule has 5 aliphatic heterocycles. The number of benzene rings is 1. The van der Waals surface area contributed by atoms with Crippen LogP contribution in [0.15, 0.2) is 208 Å². The minimum absolute atomic E-state index is 0.0201. The second-order valence-corrected chi connectivity index (χ2v) is 45.8. The van der Waals surface area contributed by atoms with Gasteiger partial charge in [-0.2, -0.15) is 73.3 Å². The number of H-pyrrole nitrogens is 5. The second kappa shape index (κ2) is 37.2. The van der Waals surface area contributed by atoms with Gasteiger partial charge < -0.3 is 24.9 Å². The molecule has 47 heteroatoms. The average Bonchev–Trinajstić information content (AvgIpc) is 1.66. The summed E-state index contributed by atoms with van der Waals surface area (Å²) in [7, 11) is -16.7. The molecule has 1 aromatic carbocycles. The Hall–Kier alpha value is -14.9. The van der Waals surface area contributed by atoms with E-state index in [0.717, 1.165) is 90.1 Å². The molecule has 5 N–H and O–H groups in total. The first-order chi connectivity index (χ1) is 66.9. The fourth-order valence-corrected chi connectivity index (χ4v) is 26.0. The first-order valence-electron chi connectivity index (χ1n) is 44.2. The van der Waals surface area contributed by atoms with Gasteiger partial charge in [0.1, 0.15) is 68.7 Å². The van der Waals surface area contributed by atoms with Gasteiger partial charge in [-0.05, 0) is 110 Å². The lowest BCUT2D eigenvalue weighted by Crippen LogP contribution is -2.65. The molecule has 0 unspecified atom stereocenters. The van der Waals surface area contributed by atoms with Gasteiger partial charge in [0.15, 0.2) is 0 Å². The number of sulfonamides is 5. The summed E-state index contributed by atoms with van der Waals surface area (Å²) in [6.45, 7) is 13.9. The van der Waals surface area contributed by atoms with E-state index in [2.05, 4.69) is 111 Å². The number of nitriles is 5. The van der Waals surface area contributed by atoms with Crippen LogP contribution in [0, 0.1) is 63.2 Å². The Morgan fingerprint density at radius 3 is 1.12 bits per heavy atom. The molecule has 5 saturated heterocycles. The summed E-state index contributed by atoms with van der Waals surface area (Å²) < 4.78 is 153. The van der Waals surface area contributed by atoms with Gasteiger partial charge in [-0.1, -0.05) is 25.1 Å². The minimum atomic E-state index is -3.65. The number of nitrogens with zero attached hydrogens (tertiary/aromatic N) is 26. The van der Waals surface area contributed by atoms with E-state index >= 15 is 0 Å². The third-order valence-corrected chi connectivity index (χ3v) is 35.9. The van der Waals surface area contributed by atoms with E-state index in [1.807, 2.05) is 92.6 Å². The van der Waals surface area contributed by atoms with Crippen LogP contribution in [0.25, 0.3) is 116 Å². The number of hydrogen-bond acceptors (Lipinski definition) is 25. The van der Waals surface area contributed by atoms with E-state index in [4.69, 9.17) is 6.57 Å². The molecule has 0 amide bonds. The van der Waals surface area contributed by atoms with Crippen molar-refractivity contribution in [3.8, 4) is 86.0 Å². The fourth-order valence-electron chi connectivity index (χ4n) is 18.3. The molecule has 20 heterocycles. The third kappa shape index (κ3) is 17.4. The van der Waals surface area contributed by atoms with E-state index in [1.165, 1.54) is 38.6 Å². The van der Waals surface area contributed by atoms with Crippen LogP contribution in [0.2, 0.25) is 0 Å². The monoisotopic (exact) mass is 1970 g/mol. The van der Waals surface area contributed by atoms with Crippen molar-refractivity contribution >= 4 is 111 Å². The van der Waals surface area contributed by atoms with Crippen molar-refractivity contribution < 1.29 is 46.5 Å². The summed E-state index contributed by atoms with van der Waals surface area (Å²) >= 11 is 0. The molecule has 139 heavy (non-hydrogen) atoms. The Morgan fingerprint density at radius 2 is 0.741 bits per heavy atom. The van der Waals surface area contributed by atoms with Gasteiger partial charge in [0, 0.05) is 224 Å². The molecule has 0 bridgehead atoms. The maximum atomic E-state index is 13.9. The first-order valence-corrected chi connectivity index (χ1v) is 52.0. The number of hydrogen-bond donors (Lipinski definition) is 5. The van der Waals surface area contributed by atoms with Gasteiger partial charge in [0.2, 0.25) is 55.8 Å². The Kier molecular flexibility index (Phi) is 25.3. The van der Waals surface area contributed by atoms with Gasteiger partial charge in [-0.15, -0.1) is 0 Å². The molecule has 1 saturated carbocycles. The second-order valence-electron chi connectivity index (χ2n) is 35.0. The summed E-state index contributed by atoms with van der Waals surface area (Å²) in [6.07, 6.45) is 37.6. The van der Waals surface area contributed by atoms with Crippen LogP contribution in [0.4, 0.5) is 10.1 Å². The van der Waals surface area contributed by atoms with Crippen molar-refractivity contribution in [2.24, 2.45) is 0 Å². The Labute approximate surface area is 797 Å². The van der Waals surface area contributed by atoms with E-state index in [9.17, 15) is 72.8 Å². The van der Waals surface area contributed by atoms with Gasteiger partial charge in [-0.3, -0.25) is 28.4 Å². The van der Waals surface area contributed by atoms with Crippen LogP contribution >= 0.6 is 0 Å². The average molecular weight is 1970 g/mol.